The summed E-state index contributed by atoms with van der Waals surface area (Å²) in [5.74, 6) is 0.113. The predicted octanol–water partition coefficient (Wildman–Crippen LogP) is 2.38. The van der Waals surface area contributed by atoms with Gasteiger partial charge in [-0.25, -0.2) is 0 Å². The summed E-state index contributed by atoms with van der Waals surface area (Å²) >= 11 is 0. The maximum Gasteiger partial charge on any atom is 0.326 e. The predicted molar refractivity (Wildman–Crippen MR) is 62.9 cm³/mol. The molecule has 2 saturated carbocycles. The highest BCUT2D eigenvalue weighted by Gasteiger charge is 2.43. The summed E-state index contributed by atoms with van der Waals surface area (Å²) < 4.78 is 5.56. The van der Waals surface area contributed by atoms with E-state index >= 15 is 0 Å². The van der Waals surface area contributed by atoms with Crippen molar-refractivity contribution in [2.24, 2.45) is 11.7 Å². The minimum absolute atomic E-state index is 0.141. The normalized spacial score (nSPS) is 36.2. The summed E-state index contributed by atoms with van der Waals surface area (Å²) in [5, 5.41) is 0. The first-order valence-corrected chi connectivity index (χ1v) is 6.63. The molecule has 0 spiro atoms. The van der Waals surface area contributed by atoms with Crippen LogP contribution in [-0.2, 0) is 9.53 Å². The Morgan fingerprint density at radius 2 is 1.81 bits per heavy atom. The number of carbonyl (C=O) groups excluding carboxylic acids is 1. The molecule has 2 aliphatic rings. The number of hydrogen-bond acceptors (Lipinski definition) is 3. The largest absolute Gasteiger partial charge is 0.461 e. The van der Waals surface area contributed by atoms with Crippen molar-refractivity contribution in [2.45, 2.75) is 69.9 Å². The minimum Gasteiger partial charge on any atom is -0.461 e. The Labute approximate surface area is 97.7 Å². The third-order valence-electron chi connectivity index (χ3n) is 4.31. The smallest absolute Gasteiger partial charge is 0.326 e. The Morgan fingerprint density at radius 1 is 1.19 bits per heavy atom. The number of rotatable bonds is 2. The fourth-order valence-corrected chi connectivity index (χ4v) is 2.94. The topological polar surface area (TPSA) is 52.3 Å². The molecular weight excluding hydrogens is 202 g/mol. The molecule has 16 heavy (non-hydrogen) atoms. The lowest BCUT2D eigenvalue weighted by Crippen LogP contribution is -2.56. The Bertz CT molecular complexity index is 261. The fourth-order valence-electron chi connectivity index (χ4n) is 2.94. The van der Waals surface area contributed by atoms with Gasteiger partial charge in [0.1, 0.15) is 11.6 Å². The van der Waals surface area contributed by atoms with E-state index in [4.69, 9.17) is 10.5 Å². The second kappa shape index (κ2) is 4.74. The molecule has 0 radical (unpaired) electrons. The van der Waals surface area contributed by atoms with Crippen LogP contribution in [0.25, 0.3) is 0 Å². The molecule has 2 atom stereocenters. The van der Waals surface area contributed by atoms with E-state index < -0.39 is 5.54 Å². The second-order valence-corrected chi connectivity index (χ2v) is 5.50. The first kappa shape index (κ1) is 11.9. The van der Waals surface area contributed by atoms with Gasteiger partial charge in [0.15, 0.2) is 0 Å². The summed E-state index contributed by atoms with van der Waals surface area (Å²) in [7, 11) is 0. The zero-order valence-corrected chi connectivity index (χ0v) is 10.2. The van der Waals surface area contributed by atoms with Gasteiger partial charge in [-0.2, -0.15) is 0 Å². The molecule has 2 N–H and O–H groups in total. The maximum absolute atomic E-state index is 12.1. The van der Waals surface area contributed by atoms with Gasteiger partial charge in [-0.05, 0) is 44.4 Å². The van der Waals surface area contributed by atoms with Gasteiger partial charge in [-0.3, -0.25) is 4.79 Å². The van der Waals surface area contributed by atoms with E-state index in [0.717, 1.165) is 32.1 Å². The third-order valence-corrected chi connectivity index (χ3v) is 4.31. The monoisotopic (exact) mass is 225 g/mol. The summed E-state index contributed by atoms with van der Waals surface area (Å²) in [6, 6.07) is 0. The quantitative estimate of drug-likeness (QED) is 0.734. The number of nitrogens with two attached hydrogens (primary N) is 1. The maximum atomic E-state index is 12.1. The first-order valence-electron chi connectivity index (χ1n) is 6.63. The molecule has 3 heteroatoms. The number of ether oxygens (including phenoxy) is 1. The van der Waals surface area contributed by atoms with E-state index in [1.54, 1.807) is 0 Å². The molecule has 0 saturated heterocycles. The van der Waals surface area contributed by atoms with Crippen molar-refractivity contribution in [1.29, 1.82) is 0 Å². The Morgan fingerprint density at radius 3 is 2.44 bits per heavy atom. The van der Waals surface area contributed by atoms with E-state index in [1.807, 2.05) is 0 Å². The van der Waals surface area contributed by atoms with Crippen molar-refractivity contribution < 1.29 is 9.53 Å². The summed E-state index contributed by atoms with van der Waals surface area (Å²) in [5.41, 5.74) is 5.54. The SMILES string of the molecule is CC1CCCCC1(N)C(=O)OC1CCCC1. The minimum atomic E-state index is -0.707. The van der Waals surface area contributed by atoms with Gasteiger partial charge >= 0.3 is 5.97 Å². The lowest BCUT2D eigenvalue weighted by atomic mass is 9.74. The van der Waals surface area contributed by atoms with Crippen molar-refractivity contribution in [3.8, 4) is 0 Å². The number of esters is 1. The van der Waals surface area contributed by atoms with Gasteiger partial charge in [-0.1, -0.05) is 19.8 Å². The zero-order chi connectivity index (χ0) is 11.6. The van der Waals surface area contributed by atoms with Crippen molar-refractivity contribution >= 4 is 5.97 Å². The van der Waals surface area contributed by atoms with Gasteiger partial charge in [0.2, 0.25) is 0 Å². The highest BCUT2D eigenvalue weighted by molar-refractivity contribution is 5.81. The van der Waals surface area contributed by atoms with Crippen LogP contribution < -0.4 is 5.73 Å². The van der Waals surface area contributed by atoms with E-state index in [-0.39, 0.29) is 18.0 Å². The van der Waals surface area contributed by atoms with Crippen molar-refractivity contribution in [2.75, 3.05) is 0 Å². The van der Waals surface area contributed by atoms with Crippen LogP contribution in [0, 0.1) is 5.92 Å². The average molecular weight is 225 g/mol. The average Bonchev–Trinajstić information content (AvgIpc) is 2.75. The molecule has 0 amide bonds. The van der Waals surface area contributed by atoms with Crippen molar-refractivity contribution in [3.63, 3.8) is 0 Å². The lowest BCUT2D eigenvalue weighted by Gasteiger charge is -2.37. The summed E-state index contributed by atoms with van der Waals surface area (Å²) in [4.78, 5) is 12.1. The van der Waals surface area contributed by atoms with Crippen LogP contribution in [0.5, 0.6) is 0 Å². The molecule has 92 valence electrons. The molecular formula is C13H23NO2. The van der Waals surface area contributed by atoms with Gasteiger partial charge < -0.3 is 10.5 Å². The molecule has 0 bridgehead atoms. The van der Waals surface area contributed by atoms with E-state index in [9.17, 15) is 4.79 Å². The van der Waals surface area contributed by atoms with Crippen LogP contribution in [0.2, 0.25) is 0 Å². The highest BCUT2D eigenvalue weighted by atomic mass is 16.5. The molecule has 2 aliphatic carbocycles. The molecule has 0 aromatic carbocycles. The van der Waals surface area contributed by atoms with Crippen LogP contribution in [-0.4, -0.2) is 17.6 Å². The second-order valence-electron chi connectivity index (χ2n) is 5.50. The first-order chi connectivity index (χ1) is 7.63. The van der Waals surface area contributed by atoms with Crippen molar-refractivity contribution in [3.05, 3.63) is 0 Å². The molecule has 2 unspecified atom stereocenters. The van der Waals surface area contributed by atoms with E-state index in [0.29, 0.717) is 0 Å². The molecule has 3 nitrogen and oxygen atoms in total. The zero-order valence-electron chi connectivity index (χ0n) is 10.2. The highest BCUT2D eigenvalue weighted by Crippen LogP contribution is 2.34. The van der Waals surface area contributed by atoms with Crippen LogP contribution in [0.15, 0.2) is 0 Å². The molecule has 0 aliphatic heterocycles. The fraction of sp³-hybridized carbons (Fsp3) is 0.923. The van der Waals surface area contributed by atoms with Crippen LogP contribution in [0.3, 0.4) is 0 Å². The van der Waals surface area contributed by atoms with E-state index in [2.05, 4.69) is 6.92 Å². The standard InChI is InChI=1S/C13H23NO2/c1-10-6-4-5-9-13(10,14)12(15)16-11-7-2-3-8-11/h10-11H,2-9,14H2,1H3. The molecule has 2 rings (SSSR count). The number of carbonyl (C=O) groups is 1. The Hall–Kier alpha value is -0.570. The van der Waals surface area contributed by atoms with Crippen LogP contribution in [0.4, 0.5) is 0 Å². The van der Waals surface area contributed by atoms with Gasteiger partial charge in [-0.15, -0.1) is 0 Å². The molecule has 0 aromatic rings. The third kappa shape index (κ3) is 2.24. The molecule has 2 fully saturated rings. The molecule has 0 heterocycles. The summed E-state index contributed by atoms with van der Waals surface area (Å²) in [6.07, 6.45) is 8.65. The summed E-state index contributed by atoms with van der Waals surface area (Å²) in [6.45, 7) is 2.08. The Kier molecular flexibility index (Phi) is 3.53. The molecule has 0 aromatic heterocycles. The Balaban J connectivity index is 1.95. The van der Waals surface area contributed by atoms with Crippen LogP contribution >= 0.6 is 0 Å². The van der Waals surface area contributed by atoms with Gasteiger partial charge in [0.05, 0.1) is 0 Å². The van der Waals surface area contributed by atoms with E-state index in [1.165, 1.54) is 19.3 Å². The number of hydrogen-bond donors (Lipinski definition) is 1. The van der Waals surface area contributed by atoms with Gasteiger partial charge in [0.25, 0.3) is 0 Å². The van der Waals surface area contributed by atoms with Crippen LogP contribution in [0.1, 0.15) is 58.3 Å². The van der Waals surface area contributed by atoms with Crippen molar-refractivity contribution in [1.82, 2.24) is 0 Å². The lowest BCUT2D eigenvalue weighted by molar-refractivity contribution is -0.159. The van der Waals surface area contributed by atoms with Gasteiger partial charge in [0, 0.05) is 0 Å².